The fourth-order valence-corrected chi connectivity index (χ4v) is 3.75. The molecule has 0 spiro atoms. The predicted molar refractivity (Wildman–Crippen MR) is 84.9 cm³/mol. The summed E-state index contributed by atoms with van der Waals surface area (Å²) in [4.78, 5) is 3.27. The number of nitrogens with one attached hydrogen (secondary N) is 2. The van der Waals surface area contributed by atoms with Crippen molar-refractivity contribution >= 4 is 15.7 Å². The summed E-state index contributed by atoms with van der Waals surface area (Å²) in [5.74, 6) is 0. The van der Waals surface area contributed by atoms with Crippen molar-refractivity contribution in [1.82, 2.24) is 10.3 Å². The highest BCUT2D eigenvalue weighted by Gasteiger charge is 2.24. The molecule has 2 N–H and O–H groups in total. The summed E-state index contributed by atoms with van der Waals surface area (Å²) in [5.41, 5.74) is 2.57. The molecule has 6 heteroatoms. The zero-order valence-corrected chi connectivity index (χ0v) is 13.4. The number of hydrogen-bond acceptors (Lipinski definition) is 3. The molecule has 0 aliphatic rings. The van der Waals surface area contributed by atoms with E-state index in [-0.39, 0.29) is 4.90 Å². The first-order chi connectivity index (χ1) is 9.98. The van der Waals surface area contributed by atoms with Crippen LogP contribution in [-0.4, -0.2) is 27.0 Å². The second-order valence-corrected chi connectivity index (χ2v) is 6.76. The van der Waals surface area contributed by atoms with Crippen molar-refractivity contribution in [2.24, 2.45) is 0 Å². The molecule has 0 fully saturated rings. The Bertz CT molecular complexity index is 707. The Kier molecular flexibility index (Phi) is 4.69. The normalized spacial score (nSPS) is 11.6. The number of aromatic nitrogens is 1. The number of anilines is 1. The minimum Gasteiger partial charge on any atom is -0.363 e. The van der Waals surface area contributed by atoms with Gasteiger partial charge in [0.2, 0.25) is 0 Å². The molecule has 21 heavy (non-hydrogen) atoms. The summed E-state index contributed by atoms with van der Waals surface area (Å²) >= 11 is 0. The maximum Gasteiger partial charge on any atom is 0.265 e. The number of hydrogen-bond donors (Lipinski definition) is 2. The van der Waals surface area contributed by atoms with Crippen LogP contribution in [0.15, 0.2) is 41.4 Å². The summed E-state index contributed by atoms with van der Waals surface area (Å²) in [7, 11) is -1.72. The lowest BCUT2D eigenvalue weighted by atomic mass is 10.2. The third kappa shape index (κ3) is 3.28. The van der Waals surface area contributed by atoms with Crippen molar-refractivity contribution in [2.45, 2.75) is 25.3 Å². The molecule has 0 aliphatic heterocycles. The molecule has 0 saturated carbocycles. The molecule has 1 aromatic carbocycles. The monoisotopic (exact) mass is 307 g/mol. The molecule has 0 saturated heterocycles. The van der Waals surface area contributed by atoms with Crippen LogP contribution in [0, 0.1) is 6.92 Å². The molecule has 0 radical (unpaired) electrons. The van der Waals surface area contributed by atoms with Gasteiger partial charge in [-0.1, -0.05) is 12.1 Å². The van der Waals surface area contributed by atoms with Crippen LogP contribution < -0.4 is 9.62 Å². The van der Waals surface area contributed by atoms with Crippen molar-refractivity contribution in [2.75, 3.05) is 17.9 Å². The van der Waals surface area contributed by atoms with Gasteiger partial charge in [-0.15, -0.1) is 0 Å². The van der Waals surface area contributed by atoms with Gasteiger partial charge in [0.05, 0.1) is 5.69 Å². The maximum atomic E-state index is 12.8. The van der Waals surface area contributed by atoms with E-state index in [1.54, 1.807) is 12.3 Å². The molecular weight excluding hydrogens is 286 g/mol. The first kappa shape index (κ1) is 15.6. The van der Waals surface area contributed by atoms with Crippen LogP contribution in [0.25, 0.3) is 0 Å². The van der Waals surface area contributed by atoms with E-state index in [0.717, 1.165) is 11.3 Å². The number of H-pyrrole nitrogens is 1. The molecule has 0 amide bonds. The number of aryl methyl sites for hydroxylation is 1. The molecule has 1 heterocycles. The Hall–Kier alpha value is -1.79. The predicted octanol–water partition coefficient (Wildman–Crippen LogP) is 2.26. The third-order valence-corrected chi connectivity index (χ3v) is 5.13. The van der Waals surface area contributed by atoms with E-state index in [4.69, 9.17) is 0 Å². The molecule has 5 nitrogen and oxygen atoms in total. The van der Waals surface area contributed by atoms with Gasteiger partial charge in [0.1, 0.15) is 4.90 Å². The van der Waals surface area contributed by atoms with E-state index >= 15 is 0 Å². The van der Waals surface area contributed by atoms with E-state index in [1.165, 1.54) is 4.31 Å². The third-order valence-electron chi connectivity index (χ3n) is 3.25. The first-order valence-corrected chi connectivity index (χ1v) is 8.34. The summed E-state index contributed by atoms with van der Waals surface area (Å²) in [6.45, 7) is 4.77. The highest BCUT2D eigenvalue weighted by Crippen LogP contribution is 2.24. The van der Waals surface area contributed by atoms with Gasteiger partial charge in [0.25, 0.3) is 10.0 Å². The molecule has 2 aromatic rings. The summed E-state index contributed by atoms with van der Waals surface area (Å²) < 4.78 is 27.0. The second-order valence-electron chi connectivity index (χ2n) is 4.90. The molecule has 114 valence electrons. The molecule has 1 aromatic heterocycles. The summed E-state index contributed by atoms with van der Waals surface area (Å²) in [6.07, 6.45) is 1.54. The van der Waals surface area contributed by atoms with Crippen LogP contribution in [0.3, 0.4) is 0 Å². The van der Waals surface area contributed by atoms with Crippen molar-refractivity contribution in [3.05, 3.63) is 47.8 Å². The molecular formula is C15H21N3O2S. The summed E-state index contributed by atoms with van der Waals surface area (Å²) in [5, 5.41) is 2.99. The van der Waals surface area contributed by atoms with E-state index in [1.807, 2.05) is 45.2 Å². The fourth-order valence-electron chi connectivity index (χ4n) is 2.26. The van der Waals surface area contributed by atoms with Crippen molar-refractivity contribution in [1.29, 1.82) is 0 Å². The number of sulfonamides is 1. The van der Waals surface area contributed by atoms with Crippen LogP contribution in [0.1, 0.15) is 18.2 Å². The average Bonchev–Trinajstić information content (AvgIpc) is 2.89. The van der Waals surface area contributed by atoms with Gasteiger partial charge in [-0.25, -0.2) is 8.42 Å². The zero-order chi connectivity index (χ0) is 15.5. The quantitative estimate of drug-likeness (QED) is 0.860. The van der Waals surface area contributed by atoms with E-state index in [0.29, 0.717) is 18.8 Å². The van der Waals surface area contributed by atoms with Crippen LogP contribution in [0.2, 0.25) is 0 Å². The van der Waals surface area contributed by atoms with Crippen molar-refractivity contribution in [3.8, 4) is 0 Å². The van der Waals surface area contributed by atoms with E-state index in [2.05, 4.69) is 10.3 Å². The summed E-state index contributed by atoms with van der Waals surface area (Å²) in [6, 6.07) is 9.18. The van der Waals surface area contributed by atoms with E-state index < -0.39 is 10.0 Å². The second kappa shape index (κ2) is 6.32. The molecule has 0 bridgehead atoms. The SMILES string of the molecule is CCN(c1cccc(C)c1)S(=O)(=O)c1c[nH]c(CNC)c1. The minimum atomic E-state index is -3.54. The lowest BCUT2D eigenvalue weighted by Gasteiger charge is -2.22. The largest absolute Gasteiger partial charge is 0.363 e. The molecule has 0 atom stereocenters. The lowest BCUT2D eigenvalue weighted by Crippen LogP contribution is -2.30. The molecule has 2 rings (SSSR count). The van der Waals surface area contributed by atoms with Gasteiger partial charge in [0, 0.05) is 25.0 Å². The van der Waals surface area contributed by atoms with Gasteiger partial charge < -0.3 is 10.3 Å². The smallest absolute Gasteiger partial charge is 0.265 e. The van der Waals surface area contributed by atoms with Gasteiger partial charge in [0.15, 0.2) is 0 Å². The van der Waals surface area contributed by atoms with Crippen LogP contribution in [-0.2, 0) is 16.6 Å². The van der Waals surface area contributed by atoms with Gasteiger partial charge >= 0.3 is 0 Å². The van der Waals surface area contributed by atoms with Gasteiger partial charge in [-0.2, -0.15) is 0 Å². The zero-order valence-electron chi connectivity index (χ0n) is 12.6. The maximum absolute atomic E-state index is 12.8. The van der Waals surface area contributed by atoms with Gasteiger partial charge in [-0.05, 0) is 44.7 Å². The standard InChI is InChI=1S/C15H21N3O2S/c1-4-18(14-7-5-6-12(2)8-14)21(19,20)15-9-13(10-16-3)17-11-15/h5-9,11,16-17H,4,10H2,1-3H3. The van der Waals surface area contributed by atoms with Crippen LogP contribution in [0.5, 0.6) is 0 Å². The van der Waals surface area contributed by atoms with Gasteiger partial charge in [-0.3, -0.25) is 4.31 Å². The Morgan fingerprint density at radius 3 is 2.67 bits per heavy atom. The number of rotatable bonds is 6. The van der Waals surface area contributed by atoms with Crippen molar-refractivity contribution < 1.29 is 8.42 Å². The fraction of sp³-hybridized carbons (Fsp3) is 0.333. The Labute approximate surface area is 126 Å². The molecule has 0 unspecified atom stereocenters. The van der Waals surface area contributed by atoms with Crippen molar-refractivity contribution in [3.63, 3.8) is 0 Å². The lowest BCUT2D eigenvalue weighted by molar-refractivity contribution is 0.592. The average molecular weight is 307 g/mol. The van der Waals surface area contributed by atoms with Crippen LogP contribution >= 0.6 is 0 Å². The van der Waals surface area contributed by atoms with E-state index in [9.17, 15) is 8.42 Å². The van der Waals surface area contributed by atoms with Crippen LogP contribution in [0.4, 0.5) is 5.69 Å². The number of aromatic amines is 1. The Morgan fingerprint density at radius 1 is 1.29 bits per heavy atom. The molecule has 0 aliphatic carbocycles. The Morgan fingerprint density at radius 2 is 2.05 bits per heavy atom. The number of benzene rings is 1. The Balaban J connectivity index is 2.39. The highest BCUT2D eigenvalue weighted by atomic mass is 32.2. The number of nitrogens with zero attached hydrogens (tertiary/aromatic N) is 1. The minimum absolute atomic E-state index is 0.288. The first-order valence-electron chi connectivity index (χ1n) is 6.90. The highest BCUT2D eigenvalue weighted by molar-refractivity contribution is 7.92. The topological polar surface area (TPSA) is 65.2 Å².